The number of amides is 2. The van der Waals surface area contributed by atoms with Gasteiger partial charge in [0.2, 0.25) is 0 Å². The first-order valence-electron chi connectivity index (χ1n) is 7.77. The number of rotatable bonds is 5. The Balaban J connectivity index is 1.93. The number of hydrogen-bond donors (Lipinski definition) is 1. The summed E-state index contributed by atoms with van der Waals surface area (Å²) in [4.78, 5) is 14.3. The number of likely N-dealkylation sites (tertiary alicyclic amines) is 1. The number of nitrogens with zero attached hydrogens (tertiary/aromatic N) is 3. The van der Waals surface area contributed by atoms with Crippen LogP contribution in [0, 0.1) is 0 Å². The van der Waals surface area contributed by atoms with Gasteiger partial charge in [-0.3, -0.25) is 10.00 Å². The lowest BCUT2D eigenvalue weighted by Gasteiger charge is -2.23. The van der Waals surface area contributed by atoms with Crippen LogP contribution in [0.2, 0.25) is 0 Å². The van der Waals surface area contributed by atoms with Crippen LogP contribution in [-0.4, -0.2) is 59.0 Å². The SMILES string of the molecule is COC[C@@H](C)n1ccc(NC(=O)N2CCCC[C@H](SC)C2)n1. The second-order valence-corrected chi connectivity index (χ2v) is 6.85. The van der Waals surface area contributed by atoms with Crippen LogP contribution in [0.25, 0.3) is 0 Å². The second kappa shape index (κ2) is 8.43. The van der Waals surface area contributed by atoms with E-state index < -0.39 is 0 Å². The van der Waals surface area contributed by atoms with Crippen molar-refractivity contribution in [2.75, 3.05) is 38.4 Å². The molecule has 0 aromatic carbocycles. The Labute approximate surface area is 136 Å². The van der Waals surface area contributed by atoms with Gasteiger partial charge in [0.15, 0.2) is 5.82 Å². The van der Waals surface area contributed by atoms with E-state index in [-0.39, 0.29) is 12.1 Å². The summed E-state index contributed by atoms with van der Waals surface area (Å²) in [5.74, 6) is 0.595. The summed E-state index contributed by atoms with van der Waals surface area (Å²) in [5.41, 5.74) is 0. The van der Waals surface area contributed by atoms with Crippen LogP contribution < -0.4 is 5.32 Å². The normalized spacial score (nSPS) is 20.5. The molecular formula is C15H26N4O2S. The zero-order valence-electron chi connectivity index (χ0n) is 13.6. The van der Waals surface area contributed by atoms with Crippen LogP contribution in [0.3, 0.4) is 0 Å². The smallest absolute Gasteiger partial charge is 0.323 e. The third-order valence-electron chi connectivity index (χ3n) is 3.95. The molecule has 1 fully saturated rings. The van der Waals surface area contributed by atoms with Crippen molar-refractivity contribution in [1.29, 1.82) is 0 Å². The lowest BCUT2D eigenvalue weighted by molar-refractivity contribution is 0.157. The molecule has 6 nitrogen and oxygen atoms in total. The first-order chi connectivity index (χ1) is 10.6. The Morgan fingerprint density at radius 2 is 2.41 bits per heavy atom. The number of carbonyl (C=O) groups is 1. The maximum absolute atomic E-state index is 12.4. The second-order valence-electron chi connectivity index (χ2n) is 5.72. The predicted molar refractivity (Wildman–Crippen MR) is 90.6 cm³/mol. The number of ether oxygens (including phenoxy) is 1. The van der Waals surface area contributed by atoms with Crippen molar-refractivity contribution in [2.45, 2.75) is 37.5 Å². The standard InChI is InChI=1S/C15H26N4O2S/c1-12(11-21-2)19-9-7-14(17-19)16-15(20)18-8-5-4-6-13(10-18)22-3/h7,9,12-13H,4-6,8,10-11H2,1-3H3,(H,16,17,20)/t12-,13+/m1/s1. The quantitative estimate of drug-likeness (QED) is 0.904. The third-order valence-corrected chi connectivity index (χ3v) is 5.00. The highest BCUT2D eigenvalue weighted by Crippen LogP contribution is 2.20. The molecule has 0 aliphatic carbocycles. The lowest BCUT2D eigenvalue weighted by atomic mass is 10.2. The van der Waals surface area contributed by atoms with Gasteiger partial charge in [-0.05, 0) is 26.0 Å². The minimum Gasteiger partial charge on any atom is -0.382 e. The van der Waals surface area contributed by atoms with E-state index in [9.17, 15) is 4.79 Å². The van der Waals surface area contributed by atoms with Gasteiger partial charge in [-0.1, -0.05) is 6.42 Å². The fourth-order valence-corrected chi connectivity index (χ4v) is 3.37. The monoisotopic (exact) mass is 326 g/mol. The van der Waals surface area contributed by atoms with Gasteiger partial charge in [0, 0.05) is 37.7 Å². The molecular weight excluding hydrogens is 300 g/mol. The highest BCUT2D eigenvalue weighted by molar-refractivity contribution is 7.99. The van der Waals surface area contributed by atoms with Gasteiger partial charge < -0.3 is 9.64 Å². The number of carbonyl (C=O) groups excluding carboxylic acids is 1. The number of nitrogens with one attached hydrogen (secondary N) is 1. The molecule has 1 saturated heterocycles. The van der Waals surface area contributed by atoms with Gasteiger partial charge in [0.05, 0.1) is 12.6 Å². The summed E-state index contributed by atoms with van der Waals surface area (Å²) in [6.07, 6.45) is 7.44. The maximum atomic E-state index is 12.4. The van der Waals surface area contributed by atoms with Crippen molar-refractivity contribution in [2.24, 2.45) is 0 Å². The van der Waals surface area contributed by atoms with Crippen molar-refractivity contribution in [1.82, 2.24) is 14.7 Å². The molecule has 1 aromatic heterocycles. The average molecular weight is 326 g/mol. The topological polar surface area (TPSA) is 59.4 Å². The number of hydrogen-bond acceptors (Lipinski definition) is 4. The molecule has 0 saturated carbocycles. The van der Waals surface area contributed by atoms with E-state index >= 15 is 0 Å². The number of methoxy groups -OCH3 is 1. The molecule has 0 radical (unpaired) electrons. The molecule has 1 aliphatic rings. The molecule has 124 valence electrons. The van der Waals surface area contributed by atoms with Gasteiger partial charge in [0.1, 0.15) is 0 Å². The fraction of sp³-hybridized carbons (Fsp3) is 0.733. The summed E-state index contributed by atoms with van der Waals surface area (Å²) in [5, 5.41) is 7.84. The van der Waals surface area contributed by atoms with Crippen LogP contribution in [-0.2, 0) is 4.74 Å². The molecule has 2 rings (SSSR count). The predicted octanol–water partition coefficient (Wildman–Crippen LogP) is 2.84. The molecule has 1 N–H and O–H groups in total. The zero-order chi connectivity index (χ0) is 15.9. The van der Waals surface area contributed by atoms with Crippen molar-refractivity contribution in [3.63, 3.8) is 0 Å². The molecule has 2 atom stereocenters. The Hall–Kier alpha value is -1.21. The van der Waals surface area contributed by atoms with Gasteiger partial charge >= 0.3 is 6.03 Å². The summed E-state index contributed by atoms with van der Waals surface area (Å²) in [6, 6.07) is 1.92. The van der Waals surface area contributed by atoms with Crippen LogP contribution in [0.4, 0.5) is 10.6 Å². The van der Waals surface area contributed by atoms with Gasteiger partial charge in [-0.15, -0.1) is 0 Å². The van der Waals surface area contributed by atoms with Crippen molar-refractivity contribution >= 4 is 23.6 Å². The molecule has 1 aliphatic heterocycles. The van der Waals surface area contributed by atoms with E-state index in [2.05, 4.69) is 16.7 Å². The highest BCUT2D eigenvalue weighted by atomic mass is 32.2. The van der Waals surface area contributed by atoms with E-state index in [1.54, 1.807) is 7.11 Å². The molecule has 0 bridgehead atoms. The van der Waals surface area contributed by atoms with Crippen LogP contribution in [0.5, 0.6) is 0 Å². The summed E-state index contributed by atoms with van der Waals surface area (Å²) < 4.78 is 6.93. The first kappa shape index (κ1) is 17.1. The van der Waals surface area contributed by atoms with Gasteiger partial charge in [-0.25, -0.2) is 4.79 Å². The number of anilines is 1. The Morgan fingerprint density at radius 1 is 1.59 bits per heavy atom. The Morgan fingerprint density at radius 3 is 3.14 bits per heavy atom. The molecule has 1 aromatic rings. The minimum atomic E-state index is -0.0504. The van der Waals surface area contributed by atoms with E-state index in [0.717, 1.165) is 19.5 Å². The van der Waals surface area contributed by atoms with Crippen LogP contribution >= 0.6 is 11.8 Å². The van der Waals surface area contributed by atoms with E-state index in [1.807, 2.05) is 40.5 Å². The van der Waals surface area contributed by atoms with Gasteiger partial charge in [0.25, 0.3) is 0 Å². The van der Waals surface area contributed by atoms with Crippen LogP contribution in [0.1, 0.15) is 32.2 Å². The fourth-order valence-electron chi connectivity index (χ4n) is 2.64. The Kier molecular flexibility index (Phi) is 6.57. The van der Waals surface area contributed by atoms with Crippen molar-refractivity contribution < 1.29 is 9.53 Å². The highest BCUT2D eigenvalue weighted by Gasteiger charge is 2.22. The summed E-state index contributed by atoms with van der Waals surface area (Å²) >= 11 is 1.84. The third kappa shape index (κ3) is 4.64. The maximum Gasteiger partial charge on any atom is 0.323 e. The van der Waals surface area contributed by atoms with Crippen LogP contribution in [0.15, 0.2) is 12.3 Å². The molecule has 7 heteroatoms. The zero-order valence-corrected chi connectivity index (χ0v) is 14.4. The van der Waals surface area contributed by atoms with Gasteiger partial charge in [-0.2, -0.15) is 16.9 Å². The molecule has 0 spiro atoms. The molecule has 22 heavy (non-hydrogen) atoms. The largest absolute Gasteiger partial charge is 0.382 e. The number of urea groups is 1. The van der Waals surface area contributed by atoms with Crippen molar-refractivity contribution in [3.8, 4) is 0 Å². The molecule has 0 unspecified atom stereocenters. The summed E-state index contributed by atoms with van der Waals surface area (Å²) in [7, 11) is 1.67. The molecule has 2 heterocycles. The molecule has 2 amide bonds. The Bertz CT molecular complexity index is 480. The number of aromatic nitrogens is 2. The van der Waals surface area contributed by atoms with E-state index in [0.29, 0.717) is 17.7 Å². The van der Waals surface area contributed by atoms with Crippen molar-refractivity contribution in [3.05, 3.63) is 12.3 Å². The minimum absolute atomic E-state index is 0.0504. The van der Waals surface area contributed by atoms with E-state index in [4.69, 9.17) is 4.74 Å². The first-order valence-corrected chi connectivity index (χ1v) is 9.05. The number of thioether (sulfide) groups is 1. The average Bonchev–Trinajstić information content (AvgIpc) is 2.83. The lowest BCUT2D eigenvalue weighted by Crippen LogP contribution is -2.38. The van der Waals surface area contributed by atoms with E-state index in [1.165, 1.54) is 12.8 Å². The summed E-state index contributed by atoms with van der Waals surface area (Å²) in [6.45, 7) is 4.26.